The van der Waals surface area contributed by atoms with Gasteiger partial charge in [0.25, 0.3) is 0 Å². The molecule has 1 saturated carbocycles. The predicted octanol–water partition coefficient (Wildman–Crippen LogP) is 0.0100. The molecule has 2 aliphatic rings. The third-order valence-electron chi connectivity index (χ3n) is 4.32. The minimum Gasteiger partial charge on any atom is -0.352 e. The van der Waals surface area contributed by atoms with Gasteiger partial charge < -0.3 is 16.0 Å². The molecule has 5 heteroatoms. The third kappa shape index (κ3) is 5.09. The molecule has 1 saturated heterocycles. The predicted molar refractivity (Wildman–Crippen MR) is 76.9 cm³/mol. The van der Waals surface area contributed by atoms with Gasteiger partial charge in [-0.3, -0.25) is 9.69 Å². The summed E-state index contributed by atoms with van der Waals surface area (Å²) in [6.45, 7) is 4.79. The Balaban J connectivity index is 1.68. The van der Waals surface area contributed by atoms with Crippen molar-refractivity contribution >= 4 is 5.91 Å². The van der Waals surface area contributed by atoms with Crippen LogP contribution in [0.4, 0.5) is 0 Å². The number of hydrogen-bond donors (Lipinski definition) is 2. The summed E-state index contributed by atoms with van der Waals surface area (Å²) in [6.07, 6.45) is 5.31. The Hall–Kier alpha value is -0.650. The standard InChI is InChI=1S/C14H28N4O/c1-17-7-2-8-18(10-9-17)11-14(19)16-13-5-3-12(15)4-6-13/h12-13H,2-11,15H2,1H3,(H,16,19)/t12-,13-. The maximum Gasteiger partial charge on any atom is 0.234 e. The third-order valence-corrected chi connectivity index (χ3v) is 4.32. The molecule has 0 spiro atoms. The number of carbonyl (C=O) groups is 1. The summed E-state index contributed by atoms with van der Waals surface area (Å²) in [6, 6.07) is 0.691. The van der Waals surface area contributed by atoms with E-state index in [0.29, 0.717) is 18.6 Å². The highest BCUT2D eigenvalue weighted by Crippen LogP contribution is 2.16. The van der Waals surface area contributed by atoms with Crippen LogP contribution in [0, 0.1) is 0 Å². The van der Waals surface area contributed by atoms with E-state index in [0.717, 1.165) is 58.3 Å². The second-order valence-electron chi connectivity index (χ2n) is 6.11. The number of carbonyl (C=O) groups excluding carboxylic acids is 1. The molecule has 110 valence electrons. The molecule has 0 aromatic carbocycles. The first-order chi connectivity index (χ1) is 9.13. The second kappa shape index (κ2) is 7.22. The number of hydrogen-bond acceptors (Lipinski definition) is 4. The van der Waals surface area contributed by atoms with E-state index in [-0.39, 0.29) is 5.91 Å². The zero-order valence-electron chi connectivity index (χ0n) is 12.1. The lowest BCUT2D eigenvalue weighted by Crippen LogP contribution is -2.45. The molecule has 1 heterocycles. The first-order valence-corrected chi connectivity index (χ1v) is 7.59. The van der Waals surface area contributed by atoms with Gasteiger partial charge in [-0.25, -0.2) is 0 Å². The molecular formula is C14H28N4O. The molecule has 0 atom stereocenters. The van der Waals surface area contributed by atoms with Gasteiger partial charge in [-0.05, 0) is 52.2 Å². The lowest BCUT2D eigenvalue weighted by Gasteiger charge is -2.28. The molecule has 0 aromatic heterocycles. The molecule has 1 aliphatic heterocycles. The van der Waals surface area contributed by atoms with Crippen molar-refractivity contribution in [2.24, 2.45) is 5.73 Å². The topological polar surface area (TPSA) is 61.6 Å². The van der Waals surface area contributed by atoms with Crippen LogP contribution in [-0.2, 0) is 4.79 Å². The Morgan fingerprint density at radius 1 is 1.16 bits per heavy atom. The summed E-state index contributed by atoms with van der Waals surface area (Å²) in [5.74, 6) is 0.185. The molecule has 2 fully saturated rings. The molecule has 3 N–H and O–H groups in total. The van der Waals surface area contributed by atoms with Crippen LogP contribution in [0.5, 0.6) is 0 Å². The van der Waals surface area contributed by atoms with E-state index in [9.17, 15) is 4.79 Å². The zero-order valence-corrected chi connectivity index (χ0v) is 12.1. The van der Waals surface area contributed by atoms with Gasteiger partial charge in [0.2, 0.25) is 5.91 Å². The lowest BCUT2D eigenvalue weighted by molar-refractivity contribution is -0.123. The first kappa shape index (κ1) is 14.8. The molecule has 19 heavy (non-hydrogen) atoms. The zero-order chi connectivity index (χ0) is 13.7. The molecule has 1 aliphatic carbocycles. The molecule has 1 amide bonds. The van der Waals surface area contributed by atoms with Crippen LogP contribution in [0.2, 0.25) is 0 Å². The number of nitrogens with one attached hydrogen (secondary N) is 1. The van der Waals surface area contributed by atoms with E-state index in [1.165, 1.54) is 0 Å². The maximum absolute atomic E-state index is 12.1. The Bertz CT molecular complexity index is 289. The summed E-state index contributed by atoms with van der Waals surface area (Å²) in [4.78, 5) is 16.7. The Morgan fingerprint density at radius 2 is 1.89 bits per heavy atom. The van der Waals surface area contributed by atoms with Gasteiger partial charge >= 0.3 is 0 Å². The number of nitrogens with zero attached hydrogens (tertiary/aromatic N) is 2. The maximum atomic E-state index is 12.1. The molecule has 0 radical (unpaired) electrons. The fourth-order valence-corrected chi connectivity index (χ4v) is 3.00. The average Bonchev–Trinajstić information content (AvgIpc) is 2.57. The molecule has 2 rings (SSSR count). The van der Waals surface area contributed by atoms with Crippen molar-refractivity contribution in [1.82, 2.24) is 15.1 Å². The molecule has 0 unspecified atom stereocenters. The molecule has 0 bridgehead atoms. The largest absolute Gasteiger partial charge is 0.352 e. The van der Waals surface area contributed by atoms with E-state index in [1.54, 1.807) is 0 Å². The lowest BCUT2D eigenvalue weighted by atomic mass is 9.92. The van der Waals surface area contributed by atoms with E-state index < -0.39 is 0 Å². The van der Waals surface area contributed by atoms with Crippen molar-refractivity contribution in [2.75, 3.05) is 39.8 Å². The van der Waals surface area contributed by atoms with Crippen LogP contribution in [-0.4, -0.2) is 67.6 Å². The van der Waals surface area contributed by atoms with E-state index in [2.05, 4.69) is 22.2 Å². The average molecular weight is 268 g/mol. The van der Waals surface area contributed by atoms with Crippen molar-refractivity contribution in [3.8, 4) is 0 Å². The van der Waals surface area contributed by atoms with Gasteiger partial charge in [0, 0.05) is 25.2 Å². The highest BCUT2D eigenvalue weighted by Gasteiger charge is 2.21. The summed E-state index contributed by atoms with van der Waals surface area (Å²) < 4.78 is 0. The van der Waals surface area contributed by atoms with Gasteiger partial charge in [-0.1, -0.05) is 0 Å². The monoisotopic (exact) mass is 268 g/mol. The van der Waals surface area contributed by atoms with Crippen LogP contribution in [0.3, 0.4) is 0 Å². The first-order valence-electron chi connectivity index (χ1n) is 7.59. The number of amides is 1. The van der Waals surface area contributed by atoms with Gasteiger partial charge in [-0.2, -0.15) is 0 Å². The normalized spacial score (nSPS) is 30.8. The fourth-order valence-electron chi connectivity index (χ4n) is 3.00. The van der Waals surface area contributed by atoms with E-state index >= 15 is 0 Å². The van der Waals surface area contributed by atoms with Gasteiger partial charge in [-0.15, -0.1) is 0 Å². The highest BCUT2D eigenvalue weighted by molar-refractivity contribution is 5.78. The number of rotatable bonds is 3. The molecule has 0 aromatic rings. The van der Waals surface area contributed by atoms with E-state index in [1.807, 2.05) is 0 Å². The highest BCUT2D eigenvalue weighted by atomic mass is 16.2. The number of likely N-dealkylation sites (N-methyl/N-ethyl adjacent to an activating group) is 1. The summed E-state index contributed by atoms with van der Waals surface area (Å²) in [5, 5.41) is 3.17. The number of nitrogens with two attached hydrogens (primary N) is 1. The van der Waals surface area contributed by atoms with Crippen LogP contribution in [0.25, 0.3) is 0 Å². The van der Waals surface area contributed by atoms with Crippen LogP contribution < -0.4 is 11.1 Å². The molecular weight excluding hydrogens is 240 g/mol. The summed E-state index contributed by atoms with van der Waals surface area (Å²) >= 11 is 0. The minimum absolute atomic E-state index is 0.185. The van der Waals surface area contributed by atoms with Crippen molar-refractivity contribution in [3.05, 3.63) is 0 Å². The smallest absolute Gasteiger partial charge is 0.234 e. The van der Waals surface area contributed by atoms with Gasteiger partial charge in [0.05, 0.1) is 6.54 Å². The van der Waals surface area contributed by atoms with Crippen LogP contribution >= 0.6 is 0 Å². The van der Waals surface area contributed by atoms with Crippen molar-refractivity contribution < 1.29 is 4.79 Å². The summed E-state index contributed by atoms with van der Waals surface area (Å²) in [5.41, 5.74) is 5.88. The van der Waals surface area contributed by atoms with Gasteiger partial charge in [0.1, 0.15) is 0 Å². The van der Waals surface area contributed by atoms with Crippen molar-refractivity contribution in [2.45, 2.75) is 44.2 Å². The quantitative estimate of drug-likeness (QED) is 0.757. The Labute approximate surface area is 116 Å². The fraction of sp³-hybridized carbons (Fsp3) is 0.929. The summed E-state index contributed by atoms with van der Waals surface area (Å²) in [7, 11) is 2.15. The SMILES string of the molecule is CN1CCCN(CC(=O)N[C@H]2CC[C@H](N)CC2)CC1. The van der Waals surface area contributed by atoms with Crippen molar-refractivity contribution in [3.63, 3.8) is 0 Å². The van der Waals surface area contributed by atoms with Gasteiger partial charge in [0.15, 0.2) is 0 Å². The Morgan fingerprint density at radius 3 is 2.63 bits per heavy atom. The minimum atomic E-state index is 0.185. The second-order valence-corrected chi connectivity index (χ2v) is 6.11. The Kier molecular flexibility index (Phi) is 5.60. The molecule has 5 nitrogen and oxygen atoms in total. The van der Waals surface area contributed by atoms with Crippen molar-refractivity contribution in [1.29, 1.82) is 0 Å². The van der Waals surface area contributed by atoms with E-state index in [4.69, 9.17) is 5.73 Å². The van der Waals surface area contributed by atoms with Crippen LogP contribution in [0.15, 0.2) is 0 Å². The van der Waals surface area contributed by atoms with Crippen LogP contribution in [0.1, 0.15) is 32.1 Å².